The van der Waals surface area contributed by atoms with Gasteiger partial charge in [-0.3, -0.25) is 4.79 Å². The number of rotatable bonds is 7. The van der Waals surface area contributed by atoms with Gasteiger partial charge >= 0.3 is 0 Å². The maximum absolute atomic E-state index is 12.8. The van der Waals surface area contributed by atoms with Crippen molar-refractivity contribution < 1.29 is 19.0 Å². The maximum atomic E-state index is 12.8. The molecule has 1 aliphatic heterocycles. The highest BCUT2D eigenvalue weighted by atomic mass is 16.5. The van der Waals surface area contributed by atoms with E-state index < -0.39 is 0 Å². The molecular weight excluding hydrogens is 410 g/mol. The van der Waals surface area contributed by atoms with E-state index in [9.17, 15) is 4.79 Å². The van der Waals surface area contributed by atoms with Gasteiger partial charge in [0.05, 0.1) is 32.6 Å². The molecule has 1 N–H and O–H groups in total. The molecule has 0 saturated carbocycles. The van der Waals surface area contributed by atoms with Gasteiger partial charge in [0.2, 0.25) is 5.91 Å². The largest absolute Gasteiger partial charge is 0.493 e. The molecule has 0 bridgehead atoms. The van der Waals surface area contributed by atoms with Crippen LogP contribution in [0.15, 0.2) is 42.7 Å². The van der Waals surface area contributed by atoms with Crippen LogP contribution in [0.1, 0.15) is 35.3 Å². The average Bonchev–Trinajstić information content (AvgIpc) is 3.43. The first-order chi connectivity index (χ1) is 15.5. The van der Waals surface area contributed by atoms with E-state index in [2.05, 4.69) is 20.4 Å². The highest BCUT2D eigenvalue weighted by Crippen LogP contribution is 2.28. The topological polar surface area (TPSA) is 100 Å². The van der Waals surface area contributed by atoms with Crippen molar-refractivity contribution in [3.05, 3.63) is 65.4 Å². The summed E-state index contributed by atoms with van der Waals surface area (Å²) >= 11 is 0. The van der Waals surface area contributed by atoms with E-state index in [0.717, 1.165) is 17.0 Å². The predicted octanol–water partition coefficient (Wildman–Crippen LogP) is 3.45. The van der Waals surface area contributed by atoms with Crippen LogP contribution in [-0.2, 0) is 16.0 Å². The van der Waals surface area contributed by atoms with Crippen molar-refractivity contribution in [1.29, 1.82) is 0 Å². The van der Waals surface area contributed by atoms with Crippen LogP contribution in [0, 0.1) is 13.8 Å². The summed E-state index contributed by atoms with van der Waals surface area (Å²) in [6.45, 7) is 3.87. The standard InChI is InChI=1S/C23H25N5O4/c1-14-10-15(2)28(27-14)21-13-20(25-23(26-21)18-6-5-9-32-18)24-22(29)12-16-7-8-17(30-3)19(11-16)31-4/h5,7-11,13,18H,6,12H2,1-4H3,(H,24,25,26,29). The molecule has 1 aliphatic rings. The monoisotopic (exact) mass is 435 g/mol. The van der Waals surface area contributed by atoms with Crippen LogP contribution in [0.5, 0.6) is 11.5 Å². The highest BCUT2D eigenvalue weighted by Gasteiger charge is 2.21. The van der Waals surface area contributed by atoms with Crippen LogP contribution in [0.2, 0.25) is 0 Å². The lowest BCUT2D eigenvalue weighted by molar-refractivity contribution is -0.115. The van der Waals surface area contributed by atoms with Crippen molar-refractivity contribution in [2.45, 2.75) is 32.8 Å². The van der Waals surface area contributed by atoms with E-state index in [1.54, 1.807) is 43.4 Å². The second-order valence-corrected chi connectivity index (χ2v) is 7.45. The molecule has 0 aliphatic carbocycles. The number of hydrogen-bond donors (Lipinski definition) is 1. The Morgan fingerprint density at radius 1 is 1.16 bits per heavy atom. The molecule has 0 fully saturated rings. The molecule has 3 heterocycles. The summed E-state index contributed by atoms with van der Waals surface area (Å²) in [5.41, 5.74) is 2.59. The van der Waals surface area contributed by atoms with Crippen LogP contribution in [0.25, 0.3) is 5.82 Å². The third-order valence-corrected chi connectivity index (χ3v) is 5.01. The molecule has 3 aromatic rings. The fourth-order valence-electron chi connectivity index (χ4n) is 3.54. The Morgan fingerprint density at radius 3 is 2.62 bits per heavy atom. The summed E-state index contributed by atoms with van der Waals surface area (Å²) in [7, 11) is 3.13. The van der Waals surface area contributed by atoms with Gasteiger partial charge in [0.15, 0.2) is 29.2 Å². The summed E-state index contributed by atoms with van der Waals surface area (Å²) in [5.74, 6) is 2.40. The third-order valence-electron chi connectivity index (χ3n) is 5.01. The Bertz CT molecular complexity index is 1160. The second-order valence-electron chi connectivity index (χ2n) is 7.45. The van der Waals surface area contributed by atoms with E-state index in [0.29, 0.717) is 35.4 Å². The first kappa shape index (κ1) is 21.4. The minimum Gasteiger partial charge on any atom is -0.493 e. The molecule has 166 valence electrons. The summed E-state index contributed by atoms with van der Waals surface area (Å²) in [6.07, 6.45) is 4.07. The molecule has 2 aromatic heterocycles. The average molecular weight is 435 g/mol. The molecule has 9 nitrogen and oxygen atoms in total. The van der Waals surface area contributed by atoms with Gasteiger partial charge in [-0.25, -0.2) is 14.6 Å². The van der Waals surface area contributed by atoms with Gasteiger partial charge in [-0.05, 0) is 43.7 Å². The zero-order valence-corrected chi connectivity index (χ0v) is 18.5. The zero-order valence-electron chi connectivity index (χ0n) is 18.5. The molecule has 1 aromatic carbocycles. The Hall–Kier alpha value is -3.88. The van der Waals surface area contributed by atoms with Gasteiger partial charge in [0.25, 0.3) is 0 Å². The first-order valence-corrected chi connectivity index (χ1v) is 10.2. The van der Waals surface area contributed by atoms with Crippen molar-refractivity contribution in [2.24, 2.45) is 0 Å². The van der Waals surface area contributed by atoms with Gasteiger partial charge in [-0.15, -0.1) is 0 Å². The molecular formula is C23H25N5O4. The number of benzene rings is 1. The van der Waals surface area contributed by atoms with Crippen molar-refractivity contribution in [2.75, 3.05) is 19.5 Å². The van der Waals surface area contributed by atoms with E-state index in [1.165, 1.54) is 0 Å². The van der Waals surface area contributed by atoms with Gasteiger partial charge < -0.3 is 19.5 Å². The van der Waals surface area contributed by atoms with Crippen molar-refractivity contribution in [1.82, 2.24) is 19.7 Å². The third kappa shape index (κ3) is 4.56. The lowest BCUT2D eigenvalue weighted by atomic mass is 10.1. The Morgan fingerprint density at radius 2 is 1.97 bits per heavy atom. The molecule has 1 unspecified atom stereocenters. The lowest BCUT2D eigenvalue weighted by Crippen LogP contribution is -2.18. The zero-order chi connectivity index (χ0) is 22.7. The number of nitrogens with one attached hydrogen (secondary N) is 1. The van der Waals surface area contributed by atoms with Crippen molar-refractivity contribution in [3.63, 3.8) is 0 Å². The van der Waals surface area contributed by atoms with Gasteiger partial charge in [0, 0.05) is 18.2 Å². The fraction of sp³-hybridized carbons (Fsp3) is 0.304. The number of carbonyl (C=O) groups excluding carboxylic acids is 1. The van der Waals surface area contributed by atoms with E-state index in [-0.39, 0.29) is 18.4 Å². The van der Waals surface area contributed by atoms with Crippen molar-refractivity contribution >= 4 is 11.7 Å². The predicted molar refractivity (Wildman–Crippen MR) is 118 cm³/mol. The molecule has 4 rings (SSSR count). The highest BCUT2D eigenvalue weighted by molar-refractivity contribution is 5.91. The van der Waals surface area contributed by atoms with E-state index >= 15 is 0 Å². The first-order valence-electron chi connectivity index (χ1n) is 10.2. The summed E-state index contributed by atoms with van der Waals surface area (Å²) < 4.78 is 17.9. The molecule has 0 spiro atoms. The van der Waals surface area contributed by atoms with Gasteiger partial charge in [0.1, 0.15) is 5.82 Å². The molecule has 9 heteroatoms. The number of ether oxygens (including phenoxy) is 3. The minimum absolute atomic E-state index is 0.149. The summed E-state index contributed by atoms with van der Waals surface area (Å²) in [4.78, 5) is 21.9. The van der Waals surface area contributed by atoms with Crippen LogP contribution in [-0.4, -0.2) is 39.9 Å². The Kier molecular flexibility index (Phi) is 6.07. The number of carbonyl (C=O) groups is 1. The molecule has 1 amide bonds. The number of aryl methyl sites for hydroxylation is 2. The number of methoxy groups -OCH3 is 2. The summed E-state index contributed by atoms with van der Waals surface area (Å²) in [5, 5.41) is 7.38. The van der Waals surface area contributed by atoms with Gasteiger partial charge in [-0.1, -0.05) is 6.07 Å². The van der Waals surface area contributed by atoms with Crippen molar-refractivity contribution in [3.8, 4) is 17.3 Å². The van der Waals surface area contributed by atoms with Crippen LogP contribution < -0.4 is 14.8 Å². The number of anilines is 1. The van der Waals surface area contributed by atoms with Crippen LogP contribution >= 0.6 is 0 Å². The normalized spacial score (nSPS) is 14.8. The van der Waals surface area contributed by atoms with Gasteiger partial charge in [-0.2, -0.15) is 5.10 Å². The second kappa shape index (κ2) is 9.09. The molecule has 32 heavy (non-hydrogen) atoms. The Balaban J connectivity index is 1.59. The Labute approximate surface area is 186 Å². The van der Waals surface area contributed by atoms with Crippen LogP contribution in [0.4, 0.5) is 5.82 Å². The lowest BCUT2D eigenvalue weighted by Gasteiger charge is -2.14. The number of amides is 1. The summed E-state index contributed by atoms with van der Waals surface area (Å²) in [6, 6.07) is 9.05. The number of nitrogens with zero attached hydrogens (tertiary/aromatic N) is 4. The smallest absolute Gasteiger partial charge is 0.229 e. The van der Waals surface area contributed by atoms with E-state index in [4.69, 9.17) is 14.2 Å². The fourth-order valence-corrected chi connectivity index (χ4v) is 3.54. The quantitative estimate of drug-likeness (QED) is 0.607. The van der Waals surface area contributed by atoms with E-state index in [1.807, 2.05) is 32.1 Å². The minimum atomic E-state index is -0.298. The molecule has 0 radical (unpaired) electrons. The maximum Gasteiger partial charge on any atom is 0.229 e. The molecule has 1 atom stereocenters. The number of aromatic nitrogens is 4. The number of hydrogen-bond acceptors (Lipinski definition) is 7. The SMILES string of the molecule is COc1ccc(CC(=O)Nc2cc(-n3nc(C)cc3C)nc(C3CC=CO3)n2)cc1OC. The van der Waals surface area contributed by atoms with Crippen LogP contribution in [0.3, 0.4) is 0 Å². The molecule has 0 saturated heterocycles.